The quantitative estimate of drug-likeness (QED) is 0.251. The van der Waals surface area contributed by atoms with Crippen molar-refractivity contribution in [3.8, 4) is 0 Å². The maximum atomic E-state index is 4.67. The predicted octanol–water partition coefficient (Wildman–Crippen LogP) is 6.05. The van der Waals surface area contributed by atoms with E-state index in [1.807, 2.05) is 11.3 Å². The van der Waals surface area contributed by atoms with Gasteiger partial charge in [0.05, 0.1) is 11.0 Å². The Morgan fingerprint density at radius 3 is 2.42 bits per heavy atom. The summed E-state index contributed by atoms with van der Waals surface area (Å²) in [6.07, 6.45) is 1.69. The van der Waals surface area contributed by atoms with Gasteiger partial charge in [0.25, 0.3) is 0 Å². The first kappa shape index (κ1) is 12.6. The van der Waals surface area contributed by atoms with Gasteiger partial charge in [-0.2, -0.15) is 0 Å². The molecule has 112 valence electrons. The number of rotatable bonds is 0. The average Bonchev–Trinajstić information content (AvgIpc) is 2.96. The molecule has 0 aliphatic carbocycles. The molecule has 2 aromatic heterocycles. The smallest absolute Gasteiger partial charge is 0.116 e. The van der Waals surface area contributed by atoms with Crippen LogP contribution in [0.25, 0.3) is 53.4 Å². The summed E-state index contributed by atoms with van der Waals surface area (Å²) < 4.78 is 1.32. The van der Waals surface area contributed by atoms with Crippen LogP contribution in [0.15, 0.2) is 54.9 Å². The number of nitrogens with zero attached hydrogens (tertiary/aromatic N) is 2. The van der Waals surface area contributed by atoms with E-state index in [0.29, 0.717) is 0 Å². The lowest BCUT2D eigenvalue weighted by Crippen LogP contribution is -1.89. The molecule has 0 saturated heterocycles. The van der Waals surface area contributed by atoms with Gasteiger partial charge in [0.15, 0.2) is 0 Å². The largest absolute Gasteiger partial charge is 0.236 e. The third kappa shape index (κ3) is 1.41. The van der Waals surface area contributed by atoms with E-state index in [-0.39, 0.29) is 0 Å². The highest BCUT2D eigenvalue weighted by atomic mass is 32.1. The van der Waals surface area contributed by atoms with Crippen LogP contribution in [0.2, 0.25) is 0 Å². The van der Waals surface area contributed by atoms with Gasteiger partial charge in [0.1, 0.15) is 6.33 Å². The van der Waals surface area contributed by atoms with E-state index in [1.54, 1.807) is 6.33 Å². The molecule has 0 aliphatic heterocycles. The Morgan fingerprint density at radius 1 is 0.792 bits per heavy atom. The van der Waals surface area contributed by atoms with Crippen molar-refractivity contribution >= 4 is 64.8 Å². The van der Waals surface area contributed by atoms with E-state index < -0.39 is 0 Å². The number of thiophene rings is 1. The Bertz CT molecular complexity index is 1410. The third-order valence-corrected chi connectivity index (χ3v) is 6.11. The molecule has 0 bridgehead atoms. The molecule has 2 heterocycles. The fourth-order valence-electron chi connectivity index (χ4n) is 4.03. The molecule has 4 aromatic carbocycles. The zero-order valence-electron chi connectivity index (χ0n) is 13.0. The van der Waals surface area contributed by atoms with Gasteiger partial charge in [0.2, 0.25) is 0 Å². The van der Waals surface area contributed by atoms with Crippen molar-refractivity contribution in [1.29, 1.82) is 0 Å². The van der Waals surface area contributed by atoms with Crippen LogP contribution in [0, 0.1) is 6.92 Å². The van der Waals surface area contributed by atoms with Crippen LogP contribution in [0.5, 0.6) is 0 Å². The van der Waals surface area contributed by atoms with Gasteiger partial charge in [-0.1, -0.05) is 24.3 Å². The van der Waals surface area contributed by atoms with Crippen molar-refractivity contribution in [3.05, 3.63) is 59.7 Å². The van der Waals surface area contributed by atoms with E-state index in [4.69, 9.17) is 0 Å². The first-order valence-corrected chi connectivity index (χ1v) is 8.83. The van der Waals surface area contributed by atoms with Crippen molar-refractivity contribution in [2.75, 3.05) is 0 Å². The van der Waals surface area contributed by atoms with Gasteiger partial charge in [-0.25, -0.2) is 9.97 Å². The molecule has 0 unspecified atom stereocenters. The zero-order valence-corrected chi connectivity index (χ0v) is 13.8. The molecular weight excluding hydrogens is 312 g/mol. The Kier molecular flexibility index (Phi) is 2.20. The van der Waals surface area contributed by atoms with Crippen LogP contribution in [0.3, 0.4) is 0 Å². The summed E-state index contributed by atoms with van der Waals surface area (Å²) in [4.78, 5) is 10.5. The number of aryl methyl sites for hydroxylation is 1. The van der Waals surface area contributed by atoms with E-state index in [0.717, 1.165) is 11.0 Å². The van der Waals surface area contributed by atoms with Crippen LogP contribution in [0.4, 0.5) is 0 Å². The van der Waals surface area contributed by atoms with Crippen LogP contribution >= 0.6 is 11.3 Å². The third-order valence-electron chi connectivity index (χ3n) is 5.04. The molecule has 0 aliphatic rings. The number of benzene rings is 4. The number of hydrogen-bond donors (Lipinski definition) is 0. The number of aromatic nitrogens is 2. The SMILES string of the molecule is Cc1sc2ccc3ncnc4c5cc6ccccc6cc5c1c2c34. The van der Waals surface area contributed by atoms with E-state index >= 15 is 0 Å². The van der Waals surface area contributed by atoms with Crippen LogP contribution < -0.4 is 0 Å². The summed E-state index contributed by atoms with van der Waals surface area (Å²) in [6.45, 7) is 2.22. The normalized spacial score (nSPS) is 12.4. The summed E-state index contributed by atoms with van der Waals surface area (Å²) in [6, 6.07) is 17.5. The molecule has 0 amide bonds. The van der Waals surface area contributed by atoms with Crippen molar-refractivity contribution in [3.63, 3.8) is 0 Å². The average molecular weight is 324 g/mol. The maximum Gasteiger partial charge on any atom is 0.116 e. The monoisotopic (exact) mass is 324 g/mol. The second-order valence-electron chi connectivity index (χ2n) is 6.33. The number of hydrogen-bond acceptors (Lipinski definition) is 3. The second kappa shape index (κ2) is 4.19. The predicted molar refractivity (Wildman–Crippen MR) is 103 cm³/mol. The fourth-order valence-corrected chi connectivity index (χ4v) is 5.12. The highest BCUT2D eigenvalue weighted by Gasteiger charge is 2.18. The van der Waals surface area contributed by atoms with E-state index in [1.165, 1.54) is 47.3 Å². The Morgan fingerprint density at radius 2 is 1.58 bits per heavy atom. The Labute approximate surface area is 141 Å². The Hall–Kier alpha value is -2.78. The van der Waals surface area contributed by atoms with E-state index in [9.17, 15) is 0 Å². The molecule has 6 rings (SSSR count). The van der Waals surface area contributed by atoms with Gasteiger partial charge in [-0.3, -0.25) is 0 Å². The maximum absolute atomic E-state index is 4.67. The molecule has 2 nitrogen and oxygen atoms in total. The molecule has 3 heteroatoms. The minimum absolute atomic E-state index is 1.03. The molecule has 24 heavy (non-hydrogen) atoms. The van der Waals surface area contributed by atoms with Gasteiger partial charge in [0, 0.05) is 31.1 Å². The summed E-state index contributed by atoms with van der Waals surface area (Å²) in [7, 11) is 0. The molecule has 0 fully saturated rings. The summed E-state index contributed by atoms with van der Waals surface area (Å²) >= 11 is 1.86. The fraction of sp³-hybridized carbons (Fsp3) is 0.0476. The summed E-state index contributed by atoms with van der Waals surface area (Å²) in [5, 5.41) is 8.96. The Balaban J connectivity index is 2.07. The van der Waals surface area contributed by atoms with Gasteiger partial charge < -0.3 is 0 Å². The minimum Gasteiger partial charge on any atom is -0.236 e. The van der Waals surface area contributed by atoms with Gasteiger partial charge in [-0.05, 0) is 47.3 Å². The lowest BCUT2D eigenvalue weighted by Gasteiger charge is -2.11. The standard InChI is InChI=1S/C21H12N2S/c1-11-18-14-8-12-4-2-3-5-13(12)9-15(14)21-19-16(22-10-23-21)6-7-17(24-11)20(18)19/h2-10H,1H3. The topological polar surface area (TPSA) is 25.8 Å². The van der Waals surface area contributed by atoms with Crippen molar-refractivity contribution < 1.29 is 0 Å². The molecule has 0 spiro atoms. The molecule has 6 aromatic rings. The molecule has 0 saturated carbocycles. The molecular formula is C21H12N2S. The van der Waals surface area contributed by atoms with Crippen LogP contribution in [-0.4, -0.2) is 9.97 Å². The number of fused-ring (bicyclic) bond motifs is 4. The van der Waals surface area contributed by atoms with Crippen molar-refractivity contribution in [2.45, 2.75) is 6.92 Å². The zero-order chi connectivity index (χ0) is 15.8. The van der Waals surface area contributed by atoms with Crippen LogP contribution in [-0.2, 0) is 0 Å². The van der Waals surface area contributed by atoms with E-state index in [2.05, 4.69) is 65.4 Å². The molecule has 0 radical (unpaired) electrons. The lowest BCUT2D eigenvalue weighted by molar-refractivity contribution is 1.27. The lowest BCUT2D eigenvalue weighted by atomic mass is 9.94. The van der Waals surface area contributed by atoms with Crippen LogP contribution in [0.1, 0.15) is 4.88 Å². The van der Waals surface area contributed by atoms with Gasteiger partial charge >= 0.3 is 0 Å². The first-order valence-electron chi connectivity index (χ1n) is 8.01. The molecule has 0 N–H and O–H groups in total. The first-order chi connectivity index (χ1) is 11.8. The highest BCUT2D eigenvalue weighted by molar-refractivity contribution is 7.20. The van der Waals surface area contributed by atoms with Gasteiger partial charge in [-0.15, -0.1) is 11.3 Å². The summed E-state index contributed by atoms with van der Waals surface area (Å²) in [5.41, 5.74) is 2.10. The second-order valence-corrected chi connectivity index (χ2v) is 7.59. The minimum atomic E-state index is 1.03. The highest BCUT2D eigenvalue weighted by Crippen LogP contribution is 2.45. The molecule has 0 atom stereocenters. The van der Waals surface area contributed by atoms with Crippen molar-refractivity contribution in [2.24, 2.45) is 0 Å². The summed E-state index contributed by atoms with van der Waals surface area (Å²) in [5.74, 6) is 0. The van der Waals surface area contributed by atoms with Crippen molar-refractivity contribution in [1.82, 2.24) is 9.97 Å².